The van der Waals surface area contributed by atoms with Crippen molar-refractivity contribution in [1.29, 1.82) is 0 Å². The predicted molar refractivity (Wildman–Crippen MR) is 110 cm³/mol. The van der Waals surface area contributed by atoms with Gasteiger partial charge in [0.15, 0.2) is 0 Å². The predicted octanol–water partition coefficient (Wildman–Crippen LogP) is 5.83. The van der Waals surface area contributed by atoms with Crippen molar-refractivity contribution in [3.8, 4) is 5.75 Å². The summed E-state index contributed by atoms with van der Waals surface area (Å²) in [5.41, 5.74) is 2.45. The molecule has 1 N–H and O–H groups in total. The van der Waals surface area contributed by atoms with Gasteiger partial charge in [0.1, 0.15) is 12.4 Å². The van der Waals surface area contributed by atoms with Crippen LogP contribution in [0.25, 0.3) is 0 Å². The first-order valence-corrected chi connectivity index (χ1v) is 10.8. The third kappa shape index (κ3) is 3.88. The average Bonchev–Trinajstić information content (AvgIpc) is 2.67. The van der Waals surface area contributed by atoms with Crippen LogP contribution < -0.4 is 10.1 Å². The van der Waals surface area contributed by atoms with Crippen LogP contribution in [0.5, 0.6) is 5.75 Å². The maximum absolute atomic E-state index is 5.99. The zero-order chi connectivity index (χ0) is 18.2. The number of benzene rings is 2. The molecule has 3 heteroatoms. The summed E-state index contributed by atoms with van der Waals surface area (Å²) in [5.74, 6) is 4.86. The summed E-state index contributed by atoms with van der Waals surface area (Å²) in [7, 11) is 0. The van der Waals surface area contributed by atoms with Gasteiger partial charge in [-0.15, -0.1) is 0 Å². The first-order chi connectivity index (χ1) is 13.2. The molecule has 0 heterocycles. The lowest BCUT2D eigenvalue weighted by Gasteiger charge is -2.54. The van der Waals surface area contributed by atoms with Crippen molar-refractivity contribution >= 4 is 11.6 Å². The molecule has 4 aliphatic rings. The molecule has 0 saturated heterocycles. The molecule has 0 spiro atoms. The highest BCUT2D eigenvalue weighted by Crippen LogP contribution is 2.53. The van der Waals surface area contributed by atoms with Crippen LogP contribution in [-0.2, 0) is 13.2 Å². The van der Waals surface area contributed by atoms with E-state index in [1.54, 1.807) is 0 Å². The third-order valence-corrected chi connectivity index (χ3v) is 7.24. The van der Waals surface area contributed by atoms with Gasteiger partial charge in [-0.1, -0.05) is 35.9 Å². The number of hydrogen-bond donors (Lipinski definition) is 1. The largest absolute Gasteiger partial charge is 0.489 e. The molecule has 4 fully saturated rings. The molecule has 2 aromatic carbocycles. The molecule has 2 nitrogen and oxygen atoms in total. The Morgan fingerprint density at radius 3 is 2.26 bits per heavy atom. The first-order valence-electron chi connectivity index (χ1n) is 10.4. The van der Waals surface area contributed by atoms with Gasteiger partial charge in [0.2, 0.25) is 0 Å². The standard InChI is InChI=1S/C24H28ClNO/c25-22-6-4-16(5-7-22)15-27-23-3-1-2-17(13-23)14-26-24-20-9-18-8-19(11-20)12-21(24)10-18/h1-7,13,18-21,24,26H,8-12,14-15H2. The van der Waals surface area contributed by atoms with Crippen molar-refractivity contribution < 1.29 is 4.74 Å². The van der Waals surface area contributed by atoms with E-state index in [1.165, 1.54) is 37.7 Å². The molecule has 0 unspecified atom stereocenters. The van der Waals surface area contributed by atoms with Crippen LogP contribution in [0.4, 0.5) is 0 Å². The van der Waals surface area contributed by atoms with Crippen LogP contribution in [-0.4, -0.2) is 6.04 Å². The van der Waals surface area contributed by atoms with E-state index in [-0.39, 0.29) is 0 Å². The average molecular weight is 382 g/mol. The molecule has 0 atom stereocenters. The fourth-order valence-electron chi connectivity index (χ4n) is 5.99. The minimum Gasteiger partial charge on any atom is -0.489 e. The van der Waals surface area contributed by atoms with Gasteiger partial charge in [0.05, 0.1) is 0 Å². The molecule has 4 saturated carbocycles. The van der Waals surface area contributed by atoms with E-state index in [0.717, 1.165) is 52.6 Å². The summed E-state index contributed by atoms with van der Waals surface area (Å²) >= 11 is 5.95. The molecule has 4 bridgehead atoms. The second kappa shape index (κ2) is 7.48. The zero-order valence-corrected chi connectivity index (χ0v) is 16.5. The number of halogens is 1. The van der Waals surface area contributed by atoms with E-state index in [4.69, 9.17) is 16.3 Å². The van der Waals surface area contributed by atoms with Gasteiger partial charge < -0.3 is 10.1 Å². The molecule has 0 aromatic heterocycles. The van der Waals surface area contributed by atoms with E-state index in [9.17, 15) is 0 Å². The first kappa shape index (κ1) is 17.6. The van der Waals surface area contributed by atoms with Gasteiger partial charge in [-0.05, 0) is 91.2 Å². The summed E-state index contributed by atoms with van der Waals surface area (Å²) in [6, 6.07) is 17.1. The highest BCUT2D eigenvalue weighted by molar-refractivity contribution is 6.30. The number of hydrogen-bond acceptors (Lipinski definition) is 2. The summed E-state index contributed by atoms with van der Waals surface area (Å²) in [4.78, 5) is 0. The minimum absolute atomic E-state index is 0.573. The molecule has 2 aromatic rings. The van der Waals surface area contributed by atoms with Gasteiger partial charge in [-0.3, -0.25) is 0 Å². The van der Waals surface area contributed by atoms with Gasteiger partial charge >= 0.3 is 0 Å². The Labute approximate surface area is 167 Å². The maximum atomic E-state index is 5.99. The van der Waals surface area contributed by atoms with Gasteiger partial charge in [0.25, 0.3) is 0 Å². The second-order valence-electron chi connectivity index (χ2n) is 8.90. The molecule has 0 amide bonds. The molecule has 27 heavy (non-hydrogen) atoms. The van der Waals surface area contributed by atoms with Crippen molar-refractivity contribution in [2.24, 2.45) is 23.7 Å². The molecule has 0 radical (unpaired) electrons. The Bertz CT molecular complexity index is 759. The van der Waals surface area contributed by atoms with Gasteiger partial charge in [0, 0.05) is 17.6 Å². The number of nitrogens with one attached hydrogen (secondary N) is 1. The number of rotatable bonds is 6. The van der Waals surface area contributed by atoms with Gasteiger partial charge in [-0.25, -0.2) is 0 Å². The SMILES string of the molecule is Clc1ccc(COc2cccc(CNC3C4CC5CC(C4)CC3C5)c2)cc1. The van der Waals surface area contributed by atoms with E-state index in [2.05, 4.69) is 23.5 Å². The van der Waals surface area contributed by atoms with Crippen molar-refractivity contribution in [2.45, 2.75) is 51.3 Å². The molecular formula is C24H28ClNO. The fraction of sp³-hybridized carbons (Fsp3) is 0.500. The molecule has 142 valence electrons. The Balaban J connectivity index is 1.18. The van der Waals surface area contributed by atoms with Crippen molar-refractivity contribution in [3.05, 3.63) is 64.7 Å². The summed E-state index contributed by atoms with van der Waals surface area (Å²) < 4.78 is 5.99. The van der Waals surface area contributed by atoms with Crippen LogP contribution in [0.3, 0.4) is 0 Å². The lowest BCUT2D eigenvalue weighted by Crippen LogP contribution is -2.54. The van der Waals surface area contributed by atoms with E-state index < -0.39 is 0 Å². The Kier molecular flexibility index (Phi) is 4.87. The number of ether oxygens (including phenoxy) is 1. The normalized spacial score (nSPS) is 31.2. The smallest absolute Gasteiger partial charge is 0.120 e. The lowest BCUT2D eigenvalue weighted by atomic mass is 9.54. The topological polar surface area (TPSA) is 21.3 Å². The van der Waals surface area contributed by atoms with E-state index in [1.807, 2.05) is 30.3 Å². The van der Waals surface area contributed by atoms with Gasteiger partial charge in [-0.2, -0.15) is 0 Å². The van der Waals surface area contributed by atoms with Crippen molar-refractivity contribution in [1.82, 2.24) is 5.32 Å². The fourth-order valence-corrected chi connectivity index (χ4v) is 6.11. The molecule has 6 rings (SSSR count). The van der Waals surface area contributed by atoms with Crippen LogP contribution in [0.15, 0.2) is 48.5 Å². The Morgan fingerprint density at radius 1 is 0.852 bits per heavy atom. The summed E-state index contributed by atoms with van der Waals surface area (Å²) in [5, 5.41) is 4.68. The van der Waals surface area contributed by atoms with Crippen LogP contribution in [0.1, 0.15) is 43.2 Å². The zero-order valence-electron chi connectivity index (χ0n) is 15.7. The van der Waals surface area contributed by atoms with Crippen LogP contribution >= 0.6 is 11.6 Å². The Morgan fingerprint density at radius 2 is 1.56 bits per heavy atom. The molecule has 4 aliphatic carbocycles. The Hall–Kier alpha value is -1.51. The minimum atomic E-state index is 0.573. The maximum Gasteiger partial charge on any atom is 0.120 e. The quantitative estimate of drug-likeness (QED) is 0.679. The summed E-state index contributed by atoms with van der Waals surface area (Å²) in [6.45, 7) is 1.52. The lowest BCUT2D eigenvalue weighted by molar-refractivity contribution is -0.0142. The third-order valence-electron chi connectivity index (χ3n) is 6.99. The van der Waals surface area contributed by atoms with E-state index in [0.29, 0.717) is 6.61 Å². The van der Waals surface area contributed by atoms with Crippen LogP contribution in [0.2, 0.25) is 5.02 Å². The van der Waals surface area contributed by atoms with E-state index >= 15 is 0 Å². The summed E-state index contributed by atoms with van der Waals surface area (Å²) in [6.07, 6.45) is 7.39. The second-order valence-corrected chi connectivity index (χ2v) is 9.34. The monoisotopic (exact) mass is 381 g/mol. The molecular weight excluding hydrogens is 354 g/mol. The molecule has 0 aliphatic heterocycles. The highest BCUT2D eigenvalue weighted by atomic mass is 35.5. The van der Waals surface area contributed by atoms with Crippen molar-refractivity contribution in [3.63, 3.8) is 0 Å². The van der Waals surface area contributed by atoms with Crippen LogP contribution in [0, 0.1) is 23.7 Å². The van der Waals surface area contributed by atoms with Crippen molar-refractivity contribution in [2.75, 3.05) is 0 Å². The highest BCUT2D eigenvalue weighted by Gasteiger charge is 2.47.